The minimum atomic E-state index is -0.442. The number of benzene rings is 1. The van der Waals surface area contributed by atoms with E-state index in [2.05, 4.69) is 0 Å². The molecule has 0 radical (unpaired) electrons. The van der Waals surface area contributed by atoms with Crippen LogP contribution in [-0.2, 0) is 5.41 Å². The van der Waals surface area contributed by atoms with Gasteiger partial charge in [-0.3, -0.25) is 0 Å². The van der Waals surface area contributed by atoms with Gasteiger partial charge >= 0.3 is 5.63 Å². The van der Waals surface area contributed by atoms with Crippen molar-refractivity contribution in [2.75, 3.05) is 7.11 Å². The van der Waals surface area contributed by atoms with Gasteiger partial charge in [-0.05, 0) is 13.0 Å². The molecule has 1 aliphatic heterocycles. The molecule has 2 aromatic rings. The third kappa shape index (κ3) is 1.46. The van der Waals surface area contributed by atoms with Crippen LogP contribution in [0.5, 0.6) is 17.2 Å². The van der Waals surface area contributed by atoms with Crippen LogP contribution in [0.25, 0.3) is 11.0 Å². The fourth-order valence-electron chi connectivity index (χ4n) is 2.67. The molecule has 1 aromatic heterocycles. The van der Waals surface area contributed by atoms with Crippen LogP contribution in [0.4, 0.5) is 0 Å². The summed E-state index contributed by atoms with van der Waals surface area (Å²) >= 11 is 0. The van der Waals surface area contributed by atoms with E-state index in [0.29, 0.717) is 22.3 Å². The second kappa shape index (κ2) is 3.91. The Labute approximate surface area is 115 Å². The Balaban J connectivity index is 2.54. The highest BCUT2D eigenvalue weighted by molar-refractivity contribution is 5.93. The molecule has 5 heteroatoms. The average Bonchev–Trinajstić information content (AvgIpc) is 2.63. The maximum absolute atomic E-state index is 11.5. The molecule has 5 nitrogen and oxygen atoms in total. The summed E-state index contributed by atoms with van der Waals surface area (Å²) in [6, 6.07) is 2.90. The molecule has 0 spiro atoms. The van der Waals surface area contributed by atoms with Gasteiger partial charge in [0.25, 0.3) is 0 Å². The Morgan fingerprint density at radius 1 is 1.35 bits per heavy atom. The minimum Gasteiger partial charge on any atom is -0.502 e. The van der Waals surface area contributed by atoms with Crippen LogP contribution in [0.2, 0.25) is 0 Å². The Hall–Kier alpha value is -2.17. The Kier molecular flexibility index (Phi) is 2.51. The standard InChI is InChI=1S/C15H16O5/c1-7-15(2,3)10-12-8(5-6-9(16)20-12)13(18-4)11(17)14(10)19-7/h5-7,17H,1-4H3. The van der Waals surface area contributed by atoms with E-state index in [9.17, 15) is 9.90 Å². The minimum absolute atomic E-state index is 0.0544. The van der Waals surface area contributed by atoms with Crippen molar-refractivity contribution >= 4 is 11.0 Å². The van der Waals surface area contributed by atoms with Crippen LogP contribution in [0.15, 0.2) is 21.3 Å². The molecule has 0 bridgehead atoms. The first-order valence-corrected chi connectivity index (χ1v) is 6.41. The normalized spacial score (nSPS) is 19.7. The molecule has 0 aliphatic carbocycles. The summed E-state index contributed by atoms with van der Waals surface area (Å²) in [5.41, 5.74) is 0.296. The van der Waals surface area contributed by atoms with E-state index in [4.69, 9.17) is 13.9 Å². The summed E-state index contributed by atoms with van der Waals surface area (Å²) in [5.74, 6) is 0.537. The molecule has 0 saturated heterocycles. The van der Waals surface area contributed by atoms with Crippen LogP contribution < -0.4 is 15.1 Å². The number of aromatic hydroxyl groups is 1. The molecule has 1 N–H and O–H groups in total. The number of phenolic OH excluding ortho intramolecular Hbond substituents is 1. The molecule has 3 rings (SSSR count). The maximum Gasteiger partial charge on any atom is 0.336 e. The topological polar surface area (TPSA) is 68.9 Å². The van der Waals surface area contributed by atoms with Crippen molar-refractivity contribution < 1.29 is 19.0 Å². The number of fused-ring (bicyclic) bond motifs is 3. The number of methoxy groups -OCH3 is 1. The molecule has 1 aliphatic rings. The number of rotatable bonds is 1. The molecule has 2 heterocycles. The average molecular weight is 276 g/mol. The van der Waals surface area contributed by atoms with Crippen LogP contribution in [0, 0.1) is 0 Å². The van der Waals surface area contributed by atoms with Gasteiger partial charge in [0.15, 0.2) is 11.5 Å². The smallest absolute Gasteiger partial charge is 0.336 e. The highest BCUT2D eigenvalue weighted by Gasteiger charge is 2.44. The van der Waals surface area contributed by atoms with Gasteiger partial charge in [-0.15, -0.1) is 0 Å². The highest BCUT2D eigenvalue weighted by Crippen LogP contribution is 2.54. The van der Waals surface area contributed by atoms with Crippen LogP contribution in [0.1, 0.15) is 26.3 Å². The third-order valence-electron chi connectivity index (χ3n) is 4.12. The molecule has 20 heavy (non-hydrogen) atoms. The Bertz CT molecular complexity index is 757. The number of ether oxygens (including phenoxy) is 2. The van der Waals surface area contributed by atoms with Crippen LogP contribution in [0.3, 0.4) is 0 Å². The van der Waals surface area contributed by atoms with E-state index in [-0.39, 0.29) is 23.0 Å². The SMILES string of the molecule is COc1c(O)c2c(c3oc(=O)ccc13)C(C)(C)C(C)O2. The zero-order valence-corrected chi connectivity index (χ0v) is 11.8. The maximum atomic E-state index is 11.5. The van der Waals surface area contributed by atoms with Crippen LogP contribution in [-0.4, -0.2) is 18.3 Å². The van der Waals surface area contributed by atoms with Crippen molar-refractivity contribution in [2.24, 2.45) is 0 Å². The quantitative estimate of drug-likeness (QED) is 0.811. The van der Waals surface area contributed by atoms with Gasteiger partial charge in [-0.1, -0.05) is 13.8 Å². The second-order valence-electron chi connectivity index (χ2n) is 5.56. The van der Waals surface area contributed by atoms with Gasteiger partial charge in [0.2, 0.25) is 5.75 Å². The largest absolute Gasteiger partial charge is 0.502 e. The van der Waals surface area contributed by atoms with E-state index in [0.717, 1.165) is 0 Å². The first-order valence-electron chi connectivity index (χ1n) is 6.41. The fourth-order valence-corrected chi connectivity index (χ4v) is 2.67. The van der Waals surface area contributed by atoms with E-state index in [1.165, 1.54) is 13.2 Å². The molecule has 1 unspecified atom stereocenters. The lowest BCUT2D eigenvalue weighted by atomic mass is 9.80. The summed E-state index contributed by atoms with van der Waals surface area (Å²) < 4.78 is 16.3. The van der Waals surface area contributed by atoms with Crippen LogP contribution >= 0.6 is 0 Å². The van der Waals surface area contributed by atoms with Crippen molar-refractivity contribution in [3.8, 4) is 17.2 Å². The lowest BCUT2D eigenvalue weighted by Gasteiger charge is -2.22. The molecule has 0 amide bonds. The number of phenols is 1. The van der Waals surface area contributed by atoms with Crippen molar-refractivity contribution in [1.29, 1.82) is 0 Å². The van der Waals surface area contributed by atoms with Crippen molar-refractivity contribution in [3.63, 3.8) is 0 Å². The molecule has 106 valence electrons. The van der Waals surface area contributed by atoms with Crippen molar-refractivity contribution in [1.82, 2.24) is 0 Å². The molecule has 1 aromatic carbocycles. The summed E-state index contributed by atoms with van der Waals surface area (Å²) in [5, 5.41) is 10.9. The molecule has 0 fully saturated rings. The van der Waals surface area contributed by atoms with E-state index in [1.807, 2.05) is 20.8 Å². The fraction of sp³-hybridized carbons (Fsp3) is 0.400. The zero-order valence-electron chi connectivity index (χ0n) is 11.8. The van der Waals surface area contributed by atoms with Gasteiger partial charge in [-0.2, -0.15) is 0 Å². The lowest BCUT2D eigenvalue weighted by molar-refractivity contribution is 0.180. The van der Waals surface area contributed by atoms with Crippen molar-refractivity contribution in [3.05, 3.63) is 28.1 Å². The summed E-state index contributed by atoms with van der Waals surface area (Å²) in [7, 11) is 1.45. The number of hydrogen-bond donors (Lipinski definition) is 1. The van der Waals surface area contributed by atoms with Gasteiger partial charge in [0.1, 0.15) is 11.7 Å². The summed E-state index contributed by atoms with van der Waals surface area (Å²) in [6.07, 6.45) is -0.149. The van der Waals surface area contributed by atoms with Gasteiger partial charge in [-0.25, -0.2) is 4.79 Å². The van der Waals surface area contributed by atoms with Gasteiger partial charge < -0.3 is 19.0 Å². The lowest BCUT2D eigenvalue weighted by Crippen LogP contribution is -2.29. The predicted molar refractivity (Wildman–Crippen MR) is 73.8 cm³/mol. The van der Waals surface area contributed by atoms with Crippen molar-refractivity contribution in [2.45, 2.75) is 32.3 Å². The Morgan fingerprint density at radius 2 is 2.05 bits per heavy atom. The predicted octanol–water partition coefficient (Wildman–Crippen LogP) is 2.57. The monoisotopic (exact) mass is 276 g/mol. The van der Waals surface area contributed by atoms with Gasteiger partial charge in [0.05, 0.1) is 18.1 Å². The highest BCUT2D eigenvalue weighted by atomic mass is 16.5. The summed E-state index contributed by atoms with van der Waals surface area (Å²) in [6.45, 7) is 5.89. The zero-order chi connectivity index (χ0) is 14.7. The first kappa shape index (κ1) is 12.8. The molecule has 0 saturated carbocycles. The van der Waals surface area contributed by atoms with E-state index >= 15 is 0 Å². The van der Waals surface area contributed by atoms with E-state index in [1.54, 1.807) is 6.07 Å². The summed E-state index contributed by atoms with van der Waals surface area (Å²) in [4.78, 5) is 11.5. The molecule has 1 atom stereocenters. The van der Waals surface area contributed by atoms with Gasteiger partial charge in [0, 0.05) is 11.5 Å². The molecular formula is C15H16O5. The second-order valence-corrected chi connectivity index (χ2v) is 5.56. The first-order chi connectivity index (χ1) is 9.37. The number of hydrogen-bond acceptors (Lipinski definition) is 5. The molecular weight excluding hydrogens is 260 g/mol. The van der Waals surface area contributed by atoms with E-state index < -0.39 is 5.63 Å². The third-order valence-corrected chi connectivity index (χ3v) is 4.12. The Morgan fingerprint density at radius 3 is 2.70 bits per heavy atom.